The fourth-order valence-corrected chi connectivity index (χ4v) is 2.54. The number of nitrogens with zero attached hydrogens (tertiary/aromatic N) is 4. The second-order valence-corrected chi connectivity index (χ2v) is 5.07. The van der Waals surface area contributed by atoms with E-state index in [1.54, 1.807) is 12.4 Å². The lowest BCUT2D eigenvalue weighted by atomic mass is 9.99. The molecule has 0 N–H and O–H groups in total. The van der Waals surface area contributed by atoms with Gasteiger partial charge in [0.1, 0.15) is 5.75 Å². The SMILES string of the molecule is c1cc(OCC2CCCN(Cc3nnco3)C2)ccn1. The normalized spacial score (nSPS) is 19.9. The molecule has 0 saturated carbocycles. The van der Waals surface area contributed by atoms with Gasteiger partial charge in [-0.25, -0.2) is 0 Å². The van der Waals surface area contributed by atoms with E-state index in [1.807, 2.05) is 12.1 Å². The van der Waals surface area contributed by atoms with Crippen LogP contribution in [-0.4, -0.2) is 39.8 Å². The molecule has 1 unspecified atom stereocenters. The van der Waals surface area contributed by atoms with Crippen molar-refractivity contribution >= 4 is 0 Å². The first-order valence-electron chi connectivity index (χ1n) is 6.90. The fraction of sp³-hybridized carbons (Fsp3) is 0.500. The van der Waals surface area contributed by atoms with E-state index < -0.39 is 0 Å². The molecule has 6 nitrogen and oxygen atoms in total. The number of hydrogen-bond acceptors (Lipinski definition) is 6. The molecule has 3 heterocycles. The van der Waals surface area contributed by atoms with Crippen LogP contribution in [0.15, 0.2) is 35.3 Å². The summed E-state index contributed by atoms with van der Waals surface area (Å²) in [6, 6.07) is 3.78. The Kier molecular flexibility index (Phi) is 4.22. The molecule has 20 heavy (non-hydrogen) atoms. The van der Waals surface area contributed by atoms with Crippen LogP contribution in [0.25, 0.3) is 0 Å². The summed E-state index contributed by atoms with van der Waals surface area (Å²) in [7, 11) is 0. The van der Waals surface area contributed by atoms with E-state index in [-0.39, 0.29) is 0 Å². The lowest BCUT2D eigenvalue weighted by Gasteiger charge is -2.31. The van der Waals surface area contributed by atoms with E-state index in [1.165, 1.54) is 19.2 Å². The summed E-state index contributed by atoms with van der Waals surface area (Å²) >= 11 is 0. The van der Waals surface area contributed by atoms with E-state index in [0.717, 1.165) is 32.0 Å². The predicted octanol–water partition coefficient (Wildman–Crippen LogP) is 1.76. The zero-order chi connectivity index (χ0) is 13.6. The van der Waals surface area contributed by atoms with Gasteiger partial charge in [-0.2, -0.15) is 0 Å². The molecule has 0 aromatic carbocycles. The number of piperidine rings is 1. The van der Waals surface area contributed by atoms with Gasteiger partial charge in [-0.3, -0.25) is 9.88 Å². The van der Waals surface area contributed by atoms with Crippen molar-refractivity contribution in [2.75, 3.05) is 19.7 Å². The molecule has 6 heteroatoms. The summed E-state index contributed by atoms with van der Waals surface area (Å²) in [6.45, 7) is 3.55. The summed E-state index contributed by atoms with van der Waals surface area (Å²) in [5.41, 5.74) is 0. The van der Waals surface area contributed by atoms with Crippen molar-refractivity contribution < 1.29 is 9.15 Å². The highest BCUT2D eigenvalue weighted by atomic mass is 16.5. The van der Waals surface area contributed by atoms with E-state index in [9.17, 15) is 0 Å². The summed E-state index contributed by atoms with van der Waals surface area (Å²) in [6.07, 6.45) is 7.25. The van der Waals surface area contributed by atoms with Gasteiger partial charge in [0.25, 0.3) is 0 Å². The highest BCUT2D eigenvalue weighted by Gasteiger charge is 2.21. The number of likely N-dealkylation sites (tertiary alicyclic amines) is 1. The van der Waals surface area contributed by atoms with Crippen LogP contribution in [0, 0.1) is 5.92 Å². The molecule has 1 atom stereocenters. The Balaban J connectivity index is 1.48. The second kappa shape index (κ2) is 6.47. The van der Waals surface area contributed by atoms with E-state index in [4.69, 9.17) is 9.15 Å². The third-order valence-electron chi connectivity index (χ3n) is 3.50. The molecule has 0 radical (unpaired) electrons. The van der Waals surface area contributed by atoms with Crippen LogP contribution >= 0.6 is 0 Å². The Bertz CT molecular complexity index is 503. The molecule has 1 saturated heterocycles. The molecule has 2 aromatic heterocycles. The molecule has 1 aliphatic heterocycles. The maximum Gasteiger partial charge on any atom is 0.230 e. The molecule has 2 aromatic rings. The van der Waals surface area contributed by atoms with Gasteiger partial charge in [0.15, 0.2) is 0 Å². The average Bonchev–Trinajstić information content (AvgIpc) is 3.00. The third-order valence-corrected chi connectivity index (χ3v) is 3.50. The summed E-state index contributed by atoms with van der Waals surface area (Å²) in [4.78, 5) is 6.33. The van der Waals surface area contributed by atoms with Crippen LogP contribution < -0.4 is 4.74 Å². The van der Waals surface area contributed by atoms with Crippen LogP contribution in [-0.2, 0) is 6.54 Å². The lowest BCUT2D eigenvalue weighted by molar-refractivity contribution is 0.117. The first-order valence-corrected chi connectivity index (χ1v) is 6.90. The molecule has 106 valence electrons. The Morgan fingerprint density at radius 2 is 2.25 bits per heavy atom. The number of rotatable bonds is 5. The van der Waals surface area contributed by atoms with Crippen molar-refractivity contribution in [1.82, 2.24) is 20.1 Å². The second-order valence-electron chi connectivity index (χ2n) is 5.07. The van der Waals surface area contributed by atoms with Crippen LogP contribution in [0.1, 0.15) is 18.7 Å². The molecule has 0 spiro atoms. The first-order chi connectivity index (χ1) is 9.90. The van der Waals surface area contributed by atoms with Gasteiger partial charge in [0.05, 0.1) is 13.2 Å². The molecular weight excluding hydrogens is 256 g/mol. The highest BCUT2D eigenvalue weighted by molar-refractivity contribution is 5.16. The molecule has 0 amide bonds. The Hall–Kier alpha value is -1.95. The summed E-state index contributed by atoms with van der Waals surface area (Å²) in [5.74, 6) is 2.11. The first kappa shape index (κ1) is 13.1. The largest absolute Gasteiger partial charge is 0.493 e. The van der Waals surface area contributed by atoms with Crippen molar-refractivity contribution in [3.05, 3.63) is 36.8 Å². The van der Waals surface area contributed by atoms with Crippen LogP contribution in [0.4, 0.5) is 0 Å². The molecule has 0 aliphatic carbocycles. The zero-order valence-corrected chi connectivity index (χ0v) is 11.3. The van der Waals surface area contributed by atoms with Crippen molar-refractivity contribution in [3.63, 3.8) is 0 Å². The number of hydrogen-bond donors (Lipinski definition) is 0. The zero-order valence-electron chi connectivity index (χ0n) is 11.3. The third kappa shape index (κ3) is 3.54. The minimum Gasteiger partial charge on any atom is -0.493 e. The van der Waals surface area contributed by atoms with Crippen molar-refractivity contribution in [1.29, 1.82) is 0 Å². The van der Waals surface area contributed by atoms with Crippen LogP contribution in [0.5, 0.6) is 5.75 Å². The topological polar surface area (TPSA) is 64.3 Å². The van der Waals surface area contributed by atoms with Crippen LogP contribution in [0.2, 0.25) is 0 Å². The fourth-order valence-electron chi connectivity index (χ4n) is 2.54. The van der Waals surface area contributed by atoms with E-state index >= 15 is 0 Å². The number of aromatic nitrogens is 3. The Morgan fingerprint density at radius 3 is 3.05 bits per heavy atom. The number of ether oxygens (including phenoxy) is 1. The van der Waals surface area contributed by atoms with Gasteiger partial charge in [-0.05, 0) is 31.5 Å². The summed E-state index contributed by atoms with van der Waals surface area (Å²) in [5, 5.41) is 7.64. The molecule has 1 fully saturated rings. The van der Waals surface area contributed by atoms with Crippen LogP contribution in [0.3, 0.4) is 0 Å². The maximum absolute atomic E-state index is 5.81. The van der Waals surface area contributed by atoms with Crippen molar-refractivity contribution in [3.8, 4) is 5.75 Å². The van der Waals surface area contributed by atoms with Gasteiger partial charge < -0.3 is 9.15 Å². The van der Waals surface area contributed by atoms with Crippen molar-refractivity contribution in [2.24, 2.45) is 5.92 Å². The van der Waals surface area contributed by atoms with Crippen molar-refractivity contribution in [2.45, 2.75) is 19.4 Å². The standard InChI is InChI=1S/C14H18N4O2/c1-2-12(10-19-13-3-5-15-6-4-13)8-18(7-1)9-14-17-16-11-20-14/h3-6,11-12H,1-2,7-10H2. The Labute approximate surface area is 117 Å². The molecule has 0 bridgehead atoms. The number of pyridine rings is 1. The minimum absolute atomic E-state index is 0.542. The smallest absolute Gasteiger partial charge is 0.230 e. The van der Waals surface area contributed by atoms with Gasteiger partial charge in [0, 0.05) is 24.9 Å². The summed E-state index contributed by atoms with van der Waals surface area (Å²) < 4.78 is 11.0. The lowest BCUT2D eigenvalue weighted by Crippen LogP contribution is -2.37. The molecule has 1 aliphatic rings. The molecular formula is C14H18N4O2. The average molecular weight is 274 g/mol. The van der Waals surface area contributed by atoms with Gasteiger partial charge in [-0.1, -0.05) is 0 Å². The monoisotopic (exact) mass is 274 g/mol. The maximum atomic E-state index is 5.81. The quantitative estimate of drug-likeness (QED) is 0.827. The predicted molar refractivity (Wildman–Crippen MR) is 72.0 cm³/mol. The van der Waals surface area contributed by atoms with Gasteiger partial charge in [0.2, 0.25) is 12.3 Å². The minimum atomic E-state index is 0.542. The van der Waals surface area contributed by atoms with Gasteiger partial charge >= 0.3 is 0 Å². The van der Waals surface area contributed by atoms with E-state index in [2.05, 4.69) is 20.1 Å². The highest BCUT2D eigenvalue weighted by Crippen LogP contribution is 2.19. The molecule has 3 rings (SSSR count). The Morgan fingerprint density at radius 1 is 1.35 bits per heavy atom. The van der Waals surface area contributed by atoms with E-state index in [0.29, 0.717) is 11.8 Å². The van der Waals surface area contributed by atoms with Gasteiger partial charge in [-0.15, -0.1) is 10.2 Å².